The summed E-state index contributed by atoms with van der Waals surface area (Å²) in [6, 6.07) is 7.02. The molecule has 1 amide bonds. The number of carbonyl (C=O) groups is 2. The molecule has 1 atom stereocenters. The number of carboxylic acids is 1. The molecule has 0 saturated carbocycles. The number of carbonyl (C=O) groups excluding carboxylic acids is 1. The molecule has 1 aromatic carbocycles. The molecule has 0 radical (unpaired) electrons. The maximum atomic E-state index is 11.8. The third-order valence-electron chi connectivity index (χ3n) is 3.49. The number of carboxylic acid groups (broad SMARTS) is 1. The van der Waals surface area contributed by atoms with Crippen molar-refractivity contribution in [2.75, 3.05) is 0 Å². The maximum absolute atomic E-state index is 11.8. The fourth-order valence-electron chi connectivity index (χ4n) is 2.20. The topological polar surface area (TPSA) is 66.4 Å². The summed E-state index contributed by atoms with van der Waals surface area (Å²) >= 11 is 0. The van der Waals surface area contributed by atoms with Crippen LogP contribution in [0.5, 0.6) is 0 Å². The number of aliphatic carboxylic acids is 1. The number of nitrogens with one attached hydrogen (secondary N) is 1. The van der Waals surface area contributed by atoms with Gasteiger partial charge in [-0.1, -0.05) is 58.9 Å². The van der Waals surface area contributed by atoms with Crippen LogP contribution in [0, 0.1) is 5.92 Å². The van der Waals surface area contributed by atoms with Crippen molar-refractivity contribution in [3.05, 3.63) is 35.4 Å². The second kappa shape index (κ2) is 7.43. The van der Waals surface area contributed by atoms with E-state index in [0.717, 1.165) is 5.56 Å². The molecule has 2 N–H and O–H groups in total. The van der Waals surface area contributed by atoms with Crippen molar-refractivity contribution in [1.29, 1.82) is 0 Å². The Morgan fingerprint density at radius 2 is 1.68 bits per heavy atom. The van der Waals surface area contributed by atoms with E-state index in [2.05, 4.69) is 26.1 Å². The largest absolute Gasteiger partial charge is 0.480 e. The van der Waals surface area contributed by atoms with Gasteiger partial charge in [0.15, 0.2) is 0 Å². The Labute approximate surface area is 132 Å². The van der Waals surface area contributed by atoms with E-state index < -0.39 is 12.0 Å². The highest BCUT2D eigenvalue weighted by Crippen LogP contribution is 2.22. The SMILES string of the molecule is CC(C)CC(=O)N[C@@H](Cc1ccc(C(C)(C)C)cc1)C(=O)O. The molecule has 122 valence electrons. The van der Waals surface area contributed by atoms with Crippen molar-refractivity contribution < 1.29 is 14.7 Å². The first-order chi connectivity index (χ1) is 10.1. The molecule has 0 bridgehead atoms. The zero-order chi connectivity index (χ0) is 16.9. The zero-order valence-corrected chi connectivity index (χ0v) is 14.1. The van der Waals surface area contributed by atoms with Crippen molar-refractivity contribution in [2.45, 2.75) is 58.9 Å². The number of rotatable bonds is 6. The van der Waals surface area contributed by atoms with E-state index in [4.69, 9.17) is 0 Å². The number of hydrogen-bond acceptors (Lipinski definition) is 2. The lowest BCUT2D eigenvalue weighted by atomic mass is 9.86. The van der Waals surface area contributed by atoms with Crippen LogP contribution in [-0.4, -0.2) is 23.0 Å². The van der Waals surface area contributed by atoms with Crippen molar-refractivity contribution in [1.82, 2.24) is 5.32 Å². The summed E-state index contributed by atoms with van der Waals surface area (Å²) in [4.78, 5) is 23.1. The van der Waals surface area contributed by atoms with E-state index in [1.165, 1.54) is 5.56 Å². The molecule has 22 heavy (non-hydrogen) atoms. The average Bonchev–Trinajstić information content (AvgIpc) is 2.36. The van der Waals surface area contributed by atoms with E-state index in [1.54, 1.807) is 0 Å². The Balaban J connectivity index is 2.75. The molecule has 1 aromatic rings. The Morgan fingerprint density at radius 1 is 1.14 bits per heavy atom. The van der Waals surface area contributed by atoms with E-state index in [1.807, 2.05) is 38.1 Å². The normalized spacial score (nSPS) is 13.0. The van der Waals surface area contributed by atoms with Crippen molar-refractivity contribution >= 4 is 11.9 Å². The highest BCUT2D eigenvalue weighted by atomic mass is 16.4. The van der Waals surface area contributed by atoms with Crippen LogP contribution < -0.4 is 5.32 Å². The van der Waals surface area contributed by atoms with Gasteiger partial charge in [-0.25, -0.2) is 4.79 Å². The predicted molar refractivity (Wildman–Crippen MR) is 87.9 cm³/mol. The van der Waals surface area contributed by atoms with E-state index in [9.17, 15) is 14.7 Å². The molecule has 4 heteroatoms. The third-order valence-corrected chi connectivity index (χ3v) is 3.49. The van der Waals surface area contributed by atoms with Gasteiger partial charge in [0.1, 0.15) is 6.04 Å². The van der Waals surface area contributed by atoms with E-state index in [0.29, 0.717) is 12.8 Å². The second-order valence-corrected chi connectivity index (χ2v) is 7.21. The highest BCUT2D eigenvalue weighted by Gasteiger charge is 2.21. The molecule has 0 aromatic heterocycles. The van der Waals surface area contributed by atoms with Crippen LogP contribution in [0.4, 0.5) is 0 Å². The van der Waals surface area contributed by atoms with Gasteiger partial charge in [0.05, 0.1) is 0 Å². The molecule has 0 aliphatic heterocycles. The molecule has 0 fully saturated rings. The fourth-order valence-corrected chi connectivity index (χ4v) is 2.20. The summed E-state index contributed by atoms with van der Waals surface area (Å²) in [7, 11) is 0. The van der Waals surface area contributed by atoms with E-state index >= 15 is 0 Å². The van der Waals surface area contributed by atoms with E-state index in [-0.39, 0.29) is 17.2 Å². The highest BCUT2D eigenvalue weighted by molar-refractivity contribution is 5.83. The molecule has 0 aliphatic rings. The summed E-state index contributed by atoms with van der Waals surface area (Å²) in [6.07, 6.45) is 0.635. The molecule has 0 aliphatic carbocycles. The molecular formula is C18H27NO3. The van der Waals surface area contributed by atoms with Gasteiger partial charge in [0.25, 0.3) is 0 Å². The van der Waals surface area contributed by atoms with Gasteiger partial charge in [-0.05, 0) is 22.5 Å². The molecule has 1 rings (SSSR count). The zero-order valence-electron chi connectivity index (χ0n) is 14.1. The van der Waals surface area contributed by atoms with Gasteiger partial charge in [0.2, 0.25) is 5.91 Å². The van der Waals surface area contributed by atoms with Crippen LogP contribution in [0.25, 0.3) is 0 Å². The lowest BCUT2D eigenvalue weighted by Crippen LogP contribution is -2.42. The van der Waals surface area contributed by atoms with Gasteiger partial charge >= 0.3 is 5.97 Å². The number of benzene rings is 1. The third kappa shape index (κ3) is 5.88. The Bertz CT molecular complexity index is 512. The van der Waals surface area contributed by atoms with Gasteiger partial charge in [0, 0.05) is 12.8 Å². The van der Waals surface area contributed by atoms with Crippen LogP contribution in [-0.2, 0) is 21.4 Å². The summed E-state index contributed by atoms with van der Waals surface area (Å²) in [5.74, 6) is -1.01. The lowest BCUT2D eigenvalue weighted by molar-refractivity contribution is -0.141. The first kappa shape index (κ1) is 18.2. The maximum Gasteiger partial charge on any atom is 0.326 e. The molecular weight excluding hydrogens is 278 g/mol. The first-order valence-corrected chi connectivity index (χ1v) is 7.71. The van der Waals surface area contributed by atoms with Gasteiger partial charge in [-0.2, -0.15) is 0 Å². The summed E-state index contributed by atoms with van der Waals surface area (Å²) in [5.41, 5.74) is 2.17. The molecule has 0 heterocycles. The van der Waals surface area contributed by atoms with Crippen molar-refractivity contribution in [3.8, 4) is 0 Å². The Hall–Kier alpha value is -1.84. The molecule has 4 nitrogen and oxygen atoms in total. The van der Waals surface area contributed by atoms with Gasteiger partial charge in [-0.15, -0.1) is 0 Å². The number of hydrogen-bond donors (Lipinski definition) is 2. The Kier molecular flexibility index (Phi) is 6.15. The molecule has 0 unspecified atom stereocenters. The fraction of sp³-hybridized carbons (Fsp3) is 0.556. The van der Waals surface area contributed by atoms with Crippen LogP contribution in [0.1, 0.15) is 52.2 Å². The molecule has 0 saturated heterocycles. The van der Waals surface area contributed by atoms with Crippen LogP contribution >= 0.6 is 0 Å². The minimum absolute atomic E-state index is 0.0657. The minimum atomic E-state index is -1.00. The summed E-state index contributed by atoms with van der Waals surface area (Å²) in [6.45, 7) is 10.3. The van der Waals surface area contributed by atoms with Crippen LogP contribution in [0.3, 0.4) is 0 Å². The number of amides is 1. The lowest BCUT2D eigenvalue weighted by Gasteiger charge is -2.20. The predicted octanol–water partition coefficient (Wildman–Crippen LogP) is 3.14. The quantitative estimate of drug-likeness (QED) is 0.848. The van der Waals surface area contributed by atoms with Gasteiger partial charge in [-0.3, -0.25) is 4.79 Å². The van der Waals surface area contributed by atoms with Crippen molar-refractivity contribution in [2.24, 2.45) is 5.92 Å². The summed E-state index contributed by atoms with van der Waals surface area (Å²) < 4.78 is 0. The van der Waals surface area contributed by atoms with Crippen LogP contribution in [0.2, 0.25) is 0 Å². The standard InChI is InChI=1S/C18H27NO3/c1-12(2)10-16(20)19-15(17(21)22)11-13-6-8-14(9-7-13)18(3,4)5/h6-9,12,15H,10-11H2,1-5H3,(H,19,20)(H,21,22)/t15-/m0/s1. The van der Waals surface area contributed by atoms with Gasteiger partial charge < -0.3 is 10.4 Å². The first-order valence-electron chi connectivity index (χ1n) is 7.71. The smallest absolute Gasteiger partial charge is 0.326 e. The van der Waals surface area contributed by atoms with Crippen molar-refractivity contribution in [3.63, 3.8) is 0 Å². The van der Waals surface area contributed by atoms with Crippen LogP contribution in [0.15, 0.2) is 24.3 Å². The monoisotopic (exact) mass is 305 g/mol. The second-order valence-electron chi connectivity index (χ2n) is 7.21. The Morgan fingerprint density at radius 3 is 2.09 bits per heavy atom. The molecule has 0 spiro atoms. The minimum Gasteiger partial charge on any atom is -0.480 e. The average molecular weight is 305 g/mol. The summed E-state index contributed by atoms with van der Waals surface area (Å²) in [5, 5.41) is 11.9.